The fourth-order valence-electron chi connectivity index (χ4n) is 2.20. The number of benzene rings is 1. The second-order valence-corrected chi connectivity index (χ2v) is 4.68. The van der Waals surface area contributed by atoms with Crippen molar-refractivity contribution in [3.63, 3.8) is 0 Å². The second kappa shape index (κ2) is 5.24. The fraction of sp³-hybridized carbons (Fsp3) is 0.133. The van der Waals surface area contributed by atoms with Crippen LogP contribution >= 0.6 is 0 Å². The third-order valence-electron chi connectivity index (χ3n) is 3.32. The molecule has 3 aromatic rings. The fourth-order valence-corrected chi connectivity index (χ4v) is 2.20. The van der Waals surface area contributed by atoms with Crippen LogP contribution in [0.2, 0.25) is 0 Å². The van der Waals surface area contributed by atoms with E-state index in [1.807, 2.05) is 19.2 Å². The van der Waals surface area contributed by atoms with Gasteiger partial charge in [-0.1, -0.05) is 18.2 Å². The molecule has 0 aliphatic heterocycles. The van der Waals surface area contributed by atoms with Gasteiger partial charge in [0.2, 0.25) is 0 Å². The molecule has 0 aliphatic rings. The first-order chi connectivity index (χ1) is 10.1. The number of para-hydroxylation sites is 1. The number of rotatable bonds is 4. The van der Waals surface area contributed by atoms with Crippen molar-refractivity contribution >= 4 is 22.7 Å². The van der Waals surface area contributed by atoms with E-state index in [2.05, 4.69) is 15.4 Å². The molecule has 0 amide bonds. The quantitative estimate of drug-likeness (QED) is 0.767. The highest BCUT2D eigenvalue weighted by Crippen LogP contribution is 2.21. The molecule has 2 N–H and O–H groups in total. The minimum Gasteiger partial charge on any atom is -0.478 e. The zero-order valence-electron chi connectivity index (χ0n) is 11.4. The molecule has 0 unspecified atom stereocenters. The lowest BCUT2D eigenvalue weighted by Crippen LogP contribution is -2.08. The standard InChI is InChI=1S/C15H14N4O2/c1-19-10(6-7-17-19)9-16-14-8-12(15(20)21)11-4-2-3-5-13(11)18-14/h2-8H,9H2,1H3,(H,16,18)(H,20,21). The third-order valence-corrected chi connectivity index (χ3v) is 3.32. The van der Waals surface area contributed by atoms with E-state index in [1.54, 1.807) is 35.1 Å². The smallest absolute Gasteiger partial charge is 0.336 e. The molecule has 2 aromatic heterocycles. The summed E-state index contributed by atoms with van der Waals surface area (Å²) in [5, 5.41) is 17.2. The molecule has 1 aromatic carbocycles. The number of anilines is 1. The van der Waals surface area contributed by atoms with Gasteiger partial charge in [0, 0.05) is 18.6 Å². The van der Waals surface area contributed by atoms with E-state index < -0.39 is 5.97 Å². The lowest BCUT2D eigenvalue weighted by Gasteiger charge is -2.09. The summed E-state index contributed by atoms with van der Waals surface area (Å²) < 4.78 is 1.76. The van der Waals surface area contributed by atoms with Crippen LogP contribution < -0.4 is 5.32 Å². The molecule has 6 nitrogen and oxygen atoms in total. The van der Waals surface area contributed by atoms with Crippen LogP contribution in [0, 0.1) is 0 Å². The highest BCUT2D eigenvalue weighted by Gasteiger charge is 2.11. The number of hydrogen-bond donors (Lipinski definition) is 2. The van der Waals surface area contributed by atoms with Crippen LogP contribution in [-0.4, -0.2) is 25.8 Å². The van der Waals surface area contributed by atoms with E-state index in [0.29, 0.717) is 23.3 Å². The summed E-state index contributed by atoms with van der Waals surface area (Å²) in [6, 6.07) is 10.7. The maximum atomic E-state index is 11.4. The monoisotopic (exact) mass is 282 g/mol. The summed E-state index contributed by atoms with van der Waals surface area (Å²) in [7, 11) is 1.85. The molecule has 0 atom stereocenters. The number of pyridine rings is 1. The topological polar surface area (TPSA) is 80.0 Å². The van der Waals surface area contributed by atoms with Crippen molar-refractivity contribution in [3.8, 4) is 0 Å². The highest BCUT2D eigenvalue weighted by molar-refractivity contribution is 6.03. The molecule has 0 fully saturated rings. The Hall–Kier alpha value is -2.89. The number of hydrogen-bond acceptors (Lipinski definition) is 4. The summed E-state index contributed by atoms with van der Waals surface area (Å²) in [6.07, 6.45) is 1.72. The summed E-state index contributed by atoms with van der Waals surface area (Å²) in [4.78, 5) is 15.8. The molecule has 0 saturated heterocycles. The number of nitrogens with zero attached hydrogens (tertiary/aromatic N) is 3. The zero-order chi connectivity index (χ0) is 14.8. The predicted octanol–water partition coefficient (Wildman–Crippen LogP) is 2.28. The van der Waals surface area contributed by atoms with Gasteiger partial charge in [-0.15, -0.1) is 0 Å². The van der Waals surface area contributed by atoms with Crippen LogP contribution in [0.15, 0.2) is 42.6 Å². The molecule has 2 heterocycles. The van der Waals surface area contributed by atoms with Gasteiger partial charge in [-0.25, -0.2) is 9.78 Å². The van der Waals surface area contributed by atoms with Crippen molar-refractivity contribution in [2.45, 2.75) is 6.54 Å². The van der Waals surface area contributed by atoms with Crippen molar-refractivity contribution in [3.05, 3.63) is 53.9 Å². The minimum atomic E-state index is -0.961. The second-order valence-electron chi connectivity index (χ2n) is 4.68. The molecule has 6 heteroatoms. The van der Waals surface area contributed by atoms with Crippen LogP contribution in [0.4, 0.5) is 5.82 Å². The van der Waals surface area contributed by atoms with Gasteiger partial charge in [0.1, 0.15) is 5.82 Å². The van der Waals surface area contributed by atoms with E-state index in [4.69, 9.17) is 0 Å². The van der Waals surface area contributed by atoms with Crippen molar-refractivity contribution < 1.29 is 9.90 Å². The summed E-state index contributed by atoms with van der Waals surface area (Å²) >= 11 is 0. The molecule has 21 heavy (non-hydrogen) atoms. The largest absolute Gasteiger partial charge is 0.478 e. The van der Waals surface area contributed by atoms with Gasteiger partial charge in [-0.2, -0.15) is 5.10 Å². The summed E-state index contributed by atoms with van der Waals surface area (Å²) in [5.41, 5.74) is 1.89. The Kier molecular flexibility index (Phi) is 3.27. The van der Waals surface area contributed by atoms with Gasteiger partial charge in [0.25, 0.3) is 0 Å². The van der Waals surface area contributed by atoms with Gasteiger partial charge in [-0.05, 0) is 18.2 Å². The number of nitrogens with one attached hydrogen (secondary N) is 1. The molecular weight excluding hydrogens is 268 g/mol. The Balaban J connectivity index is 1.95. The maximum absolute atomic E-state index is 11.4. The van der Waals surface area contributed by atoms with Gasteiger partial charge in [0.05, 0.1) is 23.3 Å². The van der Waals surface area contributed by atoms with Crippen LogP contribution in [0.1, 0.15) is 16.1 Å². The molecule has 106 valence electrons. The maximum Gasteiger partial charge on any atom is 0.336 e. The molecular formula is C15H14N4O2. The van der Waals surface area contributed by atoms with E-state index in [1.165, 1.54) is 0 Å². The third kappa shape index (κ3) is 2.55. The van der Waals surface area contributed by atoms with Crippen LogP contribution in [-0.2, 0) is 13.6 Å². The molecule has 0 spiro atoms. The van der Waals surface area contributed by atoms with Gasteiger partial charge in [-0.3, -0.25) is 4.68 Å². The zero-order valence-corrected chi connectivity index (χ0v) is 11.4. The summed E-state index contributed by atoms with van der Waals surface area (Å²) in [6.45, 7) is 0.529. The van der Waals surface area contributed by atoms with Crippen LogP contribution in [0.25, 0.3) is 10.9 Å². The Morgan fingerprint density at radius 2 is 2.14 bits per heavy atom. The van der Waals surface area contributed by atoms with E-state index in [0.717, 1.165) is 5.69 Å². The SMILES string of the molecule is Cn1nccc1CNc1cc(C(=O)O)c2ccccc2n1. The molecule has 0 saturated carbocycles. The Morgan fingerprint density at radius 1 is 1.33 bits per heavy atom. The highest BCUT2D eigenvalue weighted by atomic mass is 16.4. The number of carbonyl (C=O) groups is 1. The number of aromatic nitrogens is 3. The first-order valence-corrected chi connectivity index (χ1v) is 6.49. The van der Waals surface area contributed by atoms with Gasteiger partial charge >= 0.3 is 5.97 Å². The van der Waals surface area contributed by atoms with Gasteiger partial charge in [0.15, 0.2) is 0 Å². The number of carboxylic acid groups (broad SMARTS) is 1. The molecule has 0 aliphatic carbocycles. The van der Waals surface area contributed by atoms with Crippen molar-refractivity contribution in [1.82, 2.24) is 14.8 Å². The average Bonchev–Trinajstić information content (AvgIpc) is 2.89. The number of aromatic carboxylic acids is 1. The van der Waals surface area contributed by atoms with E-state index >= 15 is 0 Å². The molecule has 0 bridgehead atoms. The minimum absolute atomic E-state index is 0.244. The first kappa shape index (κ1) is 13.1. The lowest BCUT2D eigenvalue weighted by molar-refractivity contribution is 0.0699. The van der Waals surface area contributed by atoms with E-state index in [9.17, 15) is 9.90 Å². The Bertz CT molecular complexity index is 810. The lowest BCUT2D eigenvalue weighted by atomic mass is 10.1. The Labute approximate surface area is 121 Å². The number of carboxylic acids is 1. The number of fused-ring (bicyclic) bond motifs is 1. The van der Waals surface area contributed by atoms with Crippen molar-refractivity contribution in [2.24, 2.45) is 7.05 Å². The first-order valence-electron chi connectivity index (χ1n) is 6.49. The van der Waals surface area contributed by atoms with Crippen molar-refractivity contribution in [1.29, 1.82) is 0 Å². The average molecular weight is 282 g/mol. The molecule has 3 rings (SSSR count). The summed E-state index contributed by atoms with van der Waals surface area (Å²) in [5.74, 6) is -0.426. The van der Waals surface area contributed by atoms with Gasteiger partial charge < -0.3 is 10.4 Å². The predicted molar refractivity (Wildman–Crippen MR) is 79.2 cm³/mol. The number of aryl methyl sites for hydroxylation is 1. The van der Waals surface area contributed by atoms with E-state index in [-0.39, 0.29) is 5.56 Å². The van der Waals surface area contributed by atoms with Crippen LogP contribution in [0.3, 0.4) is 0 Å². The normalized spacial score (nSPS) is 10.7. The Morgan fingerprint density at radius 3 is 2.86 bits per heavy atom. The van der Waals surface area contributed by atoms with Crippen LogP contribution in [0.5, 0.6) is 0 Å². The van der Waals surface area contributed by atoms with Crippen molar-refractivity contribution in [2.75, 3.05) is 5.32 Å². The molecule has 0 radical (unpaired) electrons.